The summed E-state index contributed by atoms with van der Waals surface area (Å²) in [6.45, 7) is 3.90. The Morgan fingerprint density at radius 1 is 1.21 bits per heavy atom. The predicted molar refractivity (Wildman–Crippen MR) is 91.4 cm³/mol. The van der Waals surface area contributed by atoms with Crippen LogP contribution in [-0.4, -0.2) is 47.0 Å². The fourth-order valence-corrected chi connectivity index (χ4v) is 3.75. The molecule has 2 saturated heterocycles. The molecule has 5 heteroatoms. The van der Waals surface area contributed by atoms with Crippen LogP contribution in [0.2, 0.25) is 0 Å². The lowest BCUT2D eigenvalue weighted by Crippen LogP contribution is -2.61. The van der Waals surface area contributed by atoms with E-state index in [9.17, 15) is 9.59 Å². The molecule has 0 spiro atoms. The average Bonchev–Trinajstić information content (AvgIpc) is 2.62. The molecule has 0 aromatic heterocycles. The normalized spacial score (nSPS) is 23.8. The lowest BCUT2D eigenvalue weighted by Gasteiger charge is -2.47. The average molecular weight is 330 g/mol. The number of ether oxygens (including phenoxy) is 1. The first-order chi connectivity index (χ1) is 11.7. The molecule has 0 saturated carbocycles. The van der Waals surface area contributed by atoms with Gasteiger partial charge in [0.25, 0.3) is 0 Å². The first-order valence-electron chi connectivity index (χ1n) is 8.98. The van der Waals surface area contributed by atoms with Gasteiger partial charge in [0.15, 0.2) is 0 Å². The number of amides is 2. The number of rotatable bonds is 5. The summed E-state index contributed by atoms with van der Waals surface area (Å²) in [6.07, 6.45) is 4.57. The standard InChI is InChI=1S/C19H26N2O3/c1-2-12-20-13-11-16-9-6-10-17(21(16)19(20)23)18(22)24-14-15-7-4-3-5-8-15/h3-5,7-8,16-17H,2,6,9-14H2,1H3/t16-,17-/m0/s1. The number of piperidine rings is 1. The van der Waals surface area contributed by atoms with Crippen molar-refractivity contribution in [3.8, 4) is 0 Å². The van der Waals surface area contributed by atoms with Crippen LogP contribution in [0, 0.1) is 0 Å². The van der Waals surface area contributed by atoms with E-state index in [0.29, 0.717) is 6.42 Å². The van der Waals surface area contributed by atoms with Crippen LogP contribution in [0.15, 0.2) is 30.3 Å². The van der Waals surface area contributed by atoms with Crippen molar-refractivity contribution in [2.75, 3.05) is 13.1 Å². The van der Waals surface area contributed by atoms with Gasteiger partial charge >= 0.3 is 12.0 Å². The van der Waals surface area contributed by atoms with Crippen molar-refractivity contribution in [3.63, 3.8) is 0 Å². The topological polar surface area (TPSA) is 49.9 Å². The minimum Gasteiger partial charge on any atom is -0.459 e. The van der Waals surface area contributed by atoms with Crippen molar-refractivity contribution in [2.24, 2.45) is 0 Å². The molecule has 0 aliphatic carbocycles. The van der Waals surface area contributed by atoms with Crippen LogP contribution in [0.5, 0.6) is 0 Å². The smallest absolute Gasteiger partial charge is 0.329 e. The molecule has 2 aliphatic heterocycles. The molecule has 1 aromatic carbocycles. The first-order valence-corrected chi connectivity index (χ1v) is 8.98. The molecule has 0 bridgehead atoms. The maximum Gasteiger partial charge on any atom is 0.329 e. The fourth-order valence-electron chi connectivity index (χ4n) is 3.75. The second-order valence-electron chi connectivity index (χ2n) is 6.66. The number of esters is 1. The van der Waals surface area contributed by atoms with Crippen molar-refractivity contribution >= 4 is 12.0 Å². The maximum absolute atomic E-state index is 12.8. The van der Waals surface area contributed by atoms with Crippen molar-refractivity contribution < 1.29 is 14.3 Å². The molecule has 2 heterocycles. The summed E-state index contributed by atoms with van der Waals surface area (Å²) in [5, 5.41) is 0. The summed E-state index contributed by atoms with van der Waals surface area (Å²) in [4.78, 5) is 29.1. The first kappa shape index (κ1) is 16.8. The summed E-state index contributed by atoms with van der Waals surface area (Å²) < 4.78 is 5.51. The quantitative estimate of drug-likeness (QED) is 0.779. The third kappa shape index (κ3) is 3.55. The number of fused-ring (bicyclic) bond motifs is 1. The second-order valence-corrected chi connectivity index (χ2v) is 6.66. The minimum atomic E-state index is -0.431. The molecule has 1 aromatic rings. The molecule has 2 aliphatic rings. The van der Waals surface area contributed by atoms with Gasteiger partial charge in [-0.05, 0) is 37.7 Å². The van der Waals surface area contributed by atoms with Crippen LogP contribution in [0.3, 0.4) is 0 Å². The van der Waals surface area contributed by atoms with Crippen LogP contribution in [0.4, 0.5) is 4.79 Å². The Morgan fingerprint density at radius 2 is 2.00 bits per heavy atom. The van der Waals surface area contributed by atoms with Crippen molar-refractivity contribution in [1.29, 1.82) is 0 Å². The molecule has 0 radical (unpaired) electrons. The fraction of sp³-hybridized carbons (Fsp3) is 0.579. The maximum atomic E-state index is 12.8. The van der Waals surface area contributed by atoms with Crippen LogP contribution in [-0.2, 0) is 16.1 Å². The monoisotopic (exact) mass is 330 g/mol. The van der Waals surface area contributed by atoms with Gasteiger partial charge in [0, 0.05) is 19.1 Å². The van der Waals surface area contributed by atoms with Gasteiger partial charge in [-0.15, -0.1) is 0 Å². The van der Waals surface area contributed by atoms with Gasteiger partial charge in [-0.1, -0.05) is 37.3 Å². The second kappa shape index (κ2) is 7.69. The number of carbonyl (C=O) groups excluding carboxylic acids is 2. The summed E-state index contributed by atoms with van der Waals surface area (Å²) in [6, 6.07) is 9.43. The largest absolute Gasteiger partial charge is 0.459 e. The number of urea groups is 1. The lowest BCUT2D eigenvalue weighted by atomic mass is 9.92. The summed E-state index contributed by atoms with van der Waals surface area (Å²) in [5.41, 5.74) is 0.968. The molecule has 0 unspecified atom stereocenters. The molecule has 5 nitrogen and oxygen atoms in total. The molecule has 0 N–H and O–H groups in total. The van der Waals surface area contributed by atoms with Crippen LogP contribution >= 0.6 is 0 Å². The molecule has 2 amide bonds. The highest BCUT2D eigenvalue weighted by Gasteiger charge is 2.43. The molecule has 24 heavy (non-hydrogen) atoms. The van der Waals surface area contributed by atoms with Crippen LogP contribution in [0.1, 0.15) is 44.6 Å². The highest BCUT2D eigenvalue weighted by atomic mass is 16.5. The highest BCUT2D eigenvalue weighted by Crippen LogP contribution is 2.30. The van der Waals surface area contributed by atoms with Crippen molar-refractivity contribution in [2.45, 2.75) is 57.7 Å². The Bertz CT molecular complexity index is 575. The van der Waals surface area contributed by atoms with E-state index in [0.717, 1.165) is 44.3 Å². The predicted octanol–water partition coefficient (Wildman–Crippen LogP) is 3.19. The molecule has 2 atom stereocenters. The van der Waals surface area contributed by atoms with Gasteiger partial charge in [-0.2, -0.15) is 0 Å². The third-order valence-electron chi connectivity index (χ3n) is 4.96. The van der Waals surface area contributed by atoms with E-state index < -0.39 is 6.04 Å². The van der Waals surface area contributed by atoms with Crippen LogP contribution < -0.4 is 0 Å². The number of hydrogen-bond donors (Lipinski definition) is 0. The van der Waals surface area contributed by atoms with Gasteiger partial charge in [0.2, 0.25) is 0 Å². The Kier molecular flexibility index (Phi) is 5.38. The number of benzene rings is 1. The number of nitrogens with zero attached hydrogens (tertiary/aromatic N) is 2. The zero-order chi connectivity index (χ0) is 16.9. The van der Waals surface area contributed by atoms with Gasteiger partial charge in [0.1, 0.15) is 12.6 Å². The van der Waals surface area contributed by atoms with E-state index in [1.165, 1.54) is 0 Å². The van der Waals surface area contributed by atoms with Gasteiger partial charge in [-0.3, -0.25) is 0 Å². The Balaban J connectivity index is 1.66. The van der Waals surface area contributed by atoms with Crippen molar-refractivity contribution in [1.82, 2.24) is 9.80 Å². The summed E-state index contributed by atoms with van der Waals surface area (Å²) in [7, 11) is 0. The van der Waals surface area contributed by atoms with Crippen molar-refractivity contribution in [3.05, 3.63) is 35.9 Å². The molecule has 2 fully saturated rings. The van der Waals surface area contributed by atoms with Gasteiger partial charge in [-0.25, -0.2) is 9.59 Å². The summed E-state index contributed by atoms with van der Waals surface area (Å²) >= 11 is 0. The third-order valence-corrected chi connectivity index (χ3v) is 4.96. The van der Waals surface area contributed by atoms with Gasteiger partial charge in [0.05, 0.1) is 0 Å². The Morgan fingerprint density at radius 3 is 2.75 bits per heavy atom. The zero-order valence-electron chi connectivity index (χ0n) is 14.3. The van der Waals surface area contributed by atoms with E-state index in [1.807, 2.05) is 35.2 Å². The number of hydrogen-bond acceptors (Lipinski definition) is 3. The van der Waals surface area contributed by atoms with E-state index in [-0.39, 0.29) is 24.6 Å². The van der Waals surface area contributed by atoms with E-state index in [2.05, 4.69) is 6.92 Å². The minimum absolute atomic E-state index is 0.00876. The Hall–Kier alpha value is -2.04. The molecular weight excluding hydrogens is 304 g/mol. The SMILES string of the molecule is CCCN1CC[C@@H]2CCC[C@@H](C(=O)OCc3ccccc3)N2C1=O. The Labute approximate surface area is 143 Å². The van der Waals surface area contributed by atoms with Crippen LogP contribution in [0.25, 0.3) is 0 Å². The van der Waals surface area contributed by atoms with Gasteiger partial charge < -0.3 is 14.5 Å². The molecule has 3 rings (SSSR count). The highest BCUT2D eigenvalue weighted by molar-refractivity contribution is 5.84. The number of carbonyl (C=O) groups is 2. The molecule has 130 valence electrons. The zero-order valence-corrected chi connectivity index (χ0v) is 14.3. The van der Waals surface area contributed by atoms with E-state index >= 15 is 0 Å². The lowest BCUT2D eigenvalue weighted by molar-refractivity contribution is -0.153. The van der Waals surface area contributed by atoms with E-state index in [4.69, 9.17) is 4.74 Å². The molecular formula is C19H26N2O3. The summed E-state index contributed by atoms with van der Waals surface area (Å²) in [5.74, 6) is -0.268. The van der Waals surface area contributed by atoms with E-state index in [1.54, 1.807) is 4.90 Å².